The third-order valence-corrected chi connectivity index (χ3v) is 3.60. The summed E-state index contributed by atoms with van der Waals surface area (Å²) in [6.45, 7) is 0.171. The highest BCUT2D eigenvalue weighted by Crippen LogP contribution is 2.37. The molecule has 1 aliphatic heterocycles. The van der Waals surface area contributed by atoms with Gasteiger partial charge in [-0.25, -0.2) is 4.79 Å². The molecule has 0 bridgehead atoms. The number of rotatable bonds is 6. The Balaban J connectivity index is 3.30. The van der Waals surface area contributed by atoms with E-state index in [-0.39, 0.29) is 0 Å². The maximum Gasteiger partial charge on any atom is 0.364 e. The highest BCUT2D eigenvalue weighted by atomic mass is 16.7. The van der Waals surface area contributed by atoms with E-state index >= 15 is 0 Å². The number of carboxylic acid groups (broad SMARTS) is 1. The van der Waals surface area contributed by atoms with Crippen molar-refractivity contribution < 1.29 is 49.7 Å². The number of aliphatic hydroxyl groups is 5. The van der Waals surface area contributed by atoms with Crippen molar-refractivity contribution in [3.05, 3.63) is 0 Å². The lowest BCUT2D eigenvalue weighted by molar-refractivity contribution is -0.357. The molecule has 0 aromatic rings. The summed E-state index contributed by atoms with van der Waals surface area (Å²) in [5.74, 6) is -7.91. The third-order valence-electron chi connectivity index (χ3n) is 3.60. The number of hydrogen-bond donors (Lipinski definition) is 7. The second-order valence-corrected chi connectivity index (χ2v) is 5.32. The second-order valence-electron chi connectivity index (χ2n) is 5.32. The van der Waals surface area contributed by atoms with Crippen LogP contribution in [0.25, 0.3) is 0 Å². The first-order valence-corrected chi connectivity index (χ1v) is 6.66. The molecule has 0 aromatic heterocycles. The van der Waals surface area contributed by atoms with E-state index in [1.807, 2.05) is 0 Å². The summed E-state index contributed by atoms with van der Waals surface area (Å²) in [6, 6.07) is -1.53. The van der Waals surface area contributed by atoms with Gasteiger partial charge in [0.2, 0.25) is 5.91 Å². The quantitative estimate of drug-likeness (QED) is 0.236. The Bertz CT molecular complexity index is 459. The first-order chi connectivity index (χ1) is 10.5. The Morgan fingerprint density at radius 2 is 1.96 bits per heavy atom. The molecule has 6 atom stereocenters. The molecule has 7 N–H and O–H groups in total. The smallest absolute Gasteiger partial charge is 0.364 e. The van der Waals surface area contributed by atoms with Gasteiger partial charge in [-0.2, -0.15) is 0 Å². The van der Waals surface area contributed by atoms with Crippen molar-refractivity contribution in [1.29, 1.82) is 0 Å². The fourth-order valence-corrected chi connectivity index (χ4v) is 2.38. The lowest BCUT2D eigenvalue weighted by atomic mass is 9.85. The Hall–Kier alpha value is -1.34. The Morgan fingerprint density at radius 3 is 2.35 bits per heavy atom. The van der Waals surface area contributed by atoms with Crippen LogP contribution in [-0.4, -0.2) is 92.2 Å². The first kappa shape index (κ1) is 19.7. The molecule has 1 unspecified atom stereocenters. The molecule has 0 radical (unpaired) electrons. The van der Waals surface area contributed by atoms with E-state index < -0.39 is 60.8 Å². The normalized spacial score (nSPS) is 37.0. The highest BCUT2D eigenvalue weighted by Gasteiger charge is 2.61. The summed E-state index contributed by atoms with van der Waals surface area (Å²) in [6.07, 6.45) is -6.49. The van der Waals surface area contributed by atoms with Crippen molar-refractivity contribution in [2.24, 2.45) is 0 Å². The van der Waals surface area contributed by atoms with Gasteiger partial charge in [0.05, 0.1) is 13.0 Å². The Labute approximate surface area is 131 Å². The SMILES string of the molecule is CO[C@]1(O)CC(O)(C(=O)O)O[C@@H]([C@H](O)[C@H](O)CO)[C@@H]1NC(C)=O. The highest BCUT2D eigenvalue weighted by molar-refractivity contribution is 5.76. The molecular formula is C12H21NO10. The van der Waals surface area contributed by atoms with Crippen LogP contribution in [0.15, 0.2) is 0 Å². The number of aliphatic carboxylic acids is 1. The minimum atomic E-state index is -2.94. The van der Waals surface area contributed by atoms with Crippen molar-refractivity contribution in [1.82, 2.24) is 5.32 Å². The molecule has 1 fully saturated rings. The van der Waals surface area contributed by atoms with Crippen LogP contribution in [0, 0.1) is 0 Å². The number of amides is 1. The lowest BCUT2D eigenvalue weighted by Gasteiger charge is -2.49. The third kappa shape index (κ3) is 3.95. The van der Waals surface area contributed by atoms with Gasteiger partial charge in [-0.3, -0.25) is 4.79 Å². The molecule has 0 aromatic carbocycles. The Kier molecular flexibility index (Phi) is 6.04. The lowest BCUT2D eigenvalue weighted by Crippen LogP contribution is -2.72. The largest absolute Gasteiger partial charge is 0.477 e. The Morgan fingerprint density at radius 1 is 1.39 bits per heavy atom. The summed E-state index contributed by atoms with van der Waals surface area (Å²) < 4.78 is 9.72. The van der Waals surface area contributed by atoms with Crippen LogP contribution in [0.3, 0.4) is 0 Å². The van der Waals surface area contributed by atoms with E-state index in [2.05, 4.69) is 5.32 Å². The standard InChI is InChI=1S/C12H21NO10/c1-5(15)13-9-8(7(17)6(16)3-14)23-12(21,10(18)19)4-11(9,20)22-2/h6-9,14,16-17,20-21H,3-4H2,1-2H3,(H,13,15)(H,18,19)/t6-,7-,8+,9+,11-,12?/m1/s1. The van der Waals surface area contributed by atoms with Crippen LogP contribution < -0.4 is 5.32 Å². The predicted octanol–water partition coefficient (Wildman–Crippen LogP) is -3.90. The summed E-state index contributed by atoms with van der Waals surface area (Å²) in [7, 11) is 0.994. The van der Waals surface area contributed by atoms with Crippen LogP contribution in [0.5, 0.6) is 0 Å². The van der Waals surface area contributed by atoms with E-state index in [9.17, 15) is 30.0 Å². The first-order valence-electron chi connectivity index (χ1n) is 6.66. The summed E-state index contributed by atoms with van der Waals surface area (Å²) >= 11 is 0. The van der Waals surface area contributed by atoms with Gasteiger partial charge >= 0.3 is 5.97 Å². The van der Waals surface area contributed by atoms with E-state index in [1.165, 1.54) is 0 Å². The van der Waals surface area contributed by atoms with Gasteiger partial charge in [0.15, 0.2) is 5.79 Å². The zero-order valence-corrected chi connectivity index (χ0v) is 12.5. The summed E-state index contributed by atoms with van der Waals surface area (Å²) in [5.41, 5.74) is 0. The molecule has 23 heavy (non-hydrogen) atoms. The monoisotopic (exact) mass is 339 g/mol. The van der Waals surface area contributed by atoms with Crippen LogP contribution in [-0.2, 0) is 19.1 Å². The van der Waals surface area contributed by atoms with Crippen molar-refractivity contribution in [3.8, 4) is 0 Å². The fraction of sp³-hybridized carbons (Fsp3) is 0.833. The van der Waals surface area contributed by atoms with Crippen LogP contribution in [0.1, 0.15) is 13.3 Å². The van der Waals surface area contributed by atoms with Gasteiger partial charge in [-0.05, 0) is 0 Å². The molecule has 1 heterocycles. The van der Waals surface area contributed by atoms with E-state index in [0.29, 0.717) is 0 Å². The van der Waals surface area contributed by atoms with E-state index in [1.54, 1.807) is 0 Å². The van der Waals surface area contributed by atoms with Gasteiger partial charge < -0.3 is 45.4 Å². The molecule has 1 saturated heterocycles. The number of carbonyl (C=O) groups is 2. The molecule has 0 saturated carbocycles. The number of nitrogens with one attached hydrogen (secondary N) is 1. The zero-order chi connectivity index (χ0) is 18.0. The van der Waals surface area contributed by atoms with Gasteiger partial charge in [0.25, 0.3) is 5.79 Å². The molecule has 134 valence electrons. The van der Waals surface area contributed by atoms with Gasteiger partial charge in [-0.1, -0.05) is 0 Å². The average Bonchev–Trinajstić information content (AvgIpc) is 2.47. The maximum absolute atomic E-state index is 11.3. The summed E-state index contributed by atoms with van der Waals surface area (Å²) in [4.78, 5) is 22.5. The number of carbonyl (C=O) groups excluding carboxylic acids is 1. The topological polar surface area (TPSA) is 186 Å². The van der Waals surface area contributed by atoms with Crippen molar-refractivity contribution >= 4 is 11.9 Å². The number of methoxy groups -OCH3 is 1. The molecule has 1 amide bonds. The number of ether oxygens (including phenoxy) is 2. The minimum absolute atomic E-state index is 0.675. The molecule has 0 spiro atoms. The number of carboxylic acids is 1. The van der Waals surface area contributed by atoms with E-state index in [0.717, 1.165) is 14.0 Å². The zero-order valence-electron chi connectivity index (χ0n) is 12.5. The number of aliphatic hydroxyl groups excluding tert-OH is 3. The van der Waals surface area contributed by atoms with E-state index in [4.69, 9.17) is 19.7 Å². The second kappa shape index (κ2) is 7.05. The van der Waals surface area contributed by atoms with Gasteiger partial charge in [0, 0.05) is 14.0 Å². The molecule has 11 heteroatoms. The molecule has 1 rings (SSSR count). The average molecular weight is 339 g/mol. The van der Waals surface area contributed by atoms with Crippen LogP contribution >= 0.6 is 0 Å². The van der Waals surface area contributed by atoms with Crippen molar-refractivity contribution in [2.45, 2.75) is 49.3 Å². The maximum atomic E-state index is 11.3. The van der Waals surface area contributed by atoms with Gasteiger partial charge in [-0.15, -0.1) is 0 Å². The van der Waals surface area contributed by atoms with Crippen molar-refractivity contribution in [2.75, 3.05) is 13.7 Å². The van der Waals surface area contributed by atoms with Crippen LogP contribution in [0.4, 0.5) is 0 Å². The molecule has 0 aliphatic carbocycles. The van der Waals surface area contributed by atoms with Crippen molar-refractivity contribution in [3.63, 3.8) is 0 Å². The fourth-order valence-electron chi connectivity index (χ4n) is 2.38. The molecule has 1 aliphatic rings. The number of hydrogen-bond acceptors (Lipinski definition) is 9. The minimum Gasteiger partial charge on any atom is -0.477 e. The van der Waals surface area contributed by atoms with Crippen LogP contribution in [0.2, 0.25) is 0 Å². The predicted molar refractivity (Wildman–Crippen MR) is 70.7 cm³/mol. The molecular weight excluding hydrogens is 318 g/mol. The van der Waals surface area contributed by atoms with Gasteiger partial charge in [0.1, 0.15) is 24.4 Å². The molecule has 11 nitrogen and oxygen atoms in total. The summed E-state index contributed by atoms with van der Waals surface area (Å²) in [5, 5.41) is 60.2.